The van der Waals surface area contributed by atoms with E-state index >= 15 is 0 Å². The minimum Gasteiger partial charge on any atom is -0.370 e. The number of nitrogens with one attached hydrogen (secondary N) is 1. The van der Waals surface area contributed by atoms with Crippen LogP contribution in [0.15, 0.2) is 54.6 Å². The average molecular weight is 419 g/mol. The van der Waals surface area contributed by atoms with Crippen LogP contribution in [0.2, 0.25) is 0 Å². The van der Waals surface area contributed by atoms with Crippen molar-refractivity contribution >= 4 is 12.0 Å². The Hall–Kier alpha value is -2.64. The van der Waals surface area contributed by atoms with Crippen molar-refractivity contribution in [1.29, 1.82) is 0 Å². The van der Waals surface area contributed by atoms with Crippen molar-refractivity contribution in [2.75, 3.05) is 33.4 Å². The molecule has 1 fully saturated rings. The van der Waals surface area contributed by atoms with Crippen LogP contribution in [0.1, 0.15) is 22.3 Å². The van der Waals surface area contributed by atoms with Crippen LogP contribution in [0, 0.1) is 0 Å². The van der Waals surface area contributed by atoms with Gasteiger partial charge in [0.2, 0.25) is 5.91 Å². The molecule has 30 heavy (non-hydrogen) atoms. The summed E-state index contributed by atoms with van der Waals surface area (Å²) in [7, 11) is 2.23. The molecule has 2 aromatic rings. The summed E-state index contributed by atoms with van der Waals surface area (Å²) in [4.78, 5) is 12.0. The number of likely N-dealkylation sites (N-methyl/N-ethyl adjacent to an activating group) is 1. The fourth-order valence-electron chi connectivity index (χ4n) is 3.38. The molecule has 0 saturated carbocycles. The minimum absolute atomic E-state index is 0.323. The van der Waals surface area contributed by atoms with Gasteiger partial charge >= 0.3 is 6.18 Å². The Morgan fingerprint density at radius 1 is 1.10 bits per heavy atom. The monoisotopic (exact) mass is 419 g/mol. The van der Waals surface area contributed by atoms with E-state index in [4.69, 9.17) is 4.74 Å². The number of amides is 1. The van der Waals surface area contributed by atoms with Crippen LogP contribution < -0.4 is 5.32 Å². The first-order chi connectivity index (χ1) is 14.2. The topological polar surface area (TPSA) is 38.3 Å². The van der Waals surface area contributed by atoms with Crippen LogP contribution in [-0.2, 0) is 28.8 Å². The molecule has 0 aliphatic carbocycles. The molecule has 0 unspecified atom stereocenters. The summed E-state index contributed by atoms with van der Waals surface area (Å²) in [6.07, 6.45) is -1.78. The number of alkyl halides is 3. The molecular weight excluding hydrogens is 393 g/mol. The number of carbonyl (C=O) groups is 1. The maximum Gasteiger partial charge on any atom is 0.416 e. The van der Waals surface area contributed by atoms with Crippen LogP contribution in [0.4, 0.5) is 13.2 Å². The molecule has 1 heterocycles. The van der Waals surface area contributed by atoms with E-state index in [-0.39, 0.29) is 5.91 Å². The molecule has 1 aliphatic heterocycles. The molecule has 0 spiro atoms. The van der Waals surface area contributed by atoms with Crippen LogP contribution in [0.25, 0.3) is 6.08 Å². The third-order valence-electron chi connectivity index (χ3n) is 5.25. The number of rotatable bonds is 6. The molecule has 1 aliphatic rings. The first-order valence-electron chi connectivity index (χ1n) is 9.86. The Morgan fingerprint density at radius 3 is 2.43 bits per heavy atom. The maximum absolute atomic E-state index is 12.7. The predicted octanol–water partition coefficient (Wildman–Crippen LogP) is 4.01. The number of hydrogen-bond donors (Lipinski definition) is 1. The molecule has 4 nitrogen and oxygen atoms in total. The van der Waals surface area contributed by atoms with Gasteiger partial charge in [0.05, 0.1) is 25.8 Å². The summed E-state index contributed by atoms with van der Waals surface area (Å²) in [5.74, 6) is -0.358. The number of carbonyl (C=O) groups excluding carboxylic acids is 1. The van der Waals surface area contributed by atoms with Crippen LogP contribution in [0.3, 0.4) is 0 Å². The van der Waals surface area contributed by atoms with Gasteiger partial charge in [0, 0.05) is 18.2 Å². The molecule has 0 atom stereocenters. The number of benzene rings is 2. The normalized spacial score (nSPS) is 16.5. The highest BCUT2D eigenvalue weighted by atomic mass is 19.4. The first-order valence-corrected chi connectivity index (χ1v) is 9.86. The number of halogens is 3. The molecule has 160 valence electrons. The molecule has 1 saturated heterocycles. The highest BCUT2D eigenvalue weighted by Crippen LogP contribution is 2.29. The van der Waals surface area contributed by atoms with Gasteiger partial charge in [0.15, 0.2) is 0 Å². The second-order valence-corrected chi connectivity index (χ2v) is 7.83. The van der Waals surface area contributed by atoms with Crippen LogP contribution in [-0.4, -0.2) is 43.7 Å². The van der Waals surface area contributed by atoms with Gasteiger partial charge in [-0.3, -0.25) is 4.79 Å². The van der Waals surface area contributed by atoms with E-state index in [9.17, 15) is 18.0 Å². The zero-order valence-electron chi connectivity index (χ0n) is 16.9. The average Bonchev–Trinajstić information content (AvgIpc) is 2.71. The summed E-state index contributed by atoms with van der Waals surface area (Å²) < 4.78 is 44.6. The van der Waals surface area contributed by atoms with E-state index in [1.165, 1.54) is 29.8 Å². The Bertz CT molecular complexity index is 886. The zero-order valence-corrected chi connectivity index (χ0v) is 16.9. The summed E-state index contributed by atoms with van der Waals surface area (Å²) in [6, 6.07) is 13.0. The van der Waals surface area contributed by atoms with E-state index in [1.54, 1.807) is 0 Å². The Kier molecular flexibility index (Phi) is 6.95. The van der Waals surface area contributed by atoms with Gasteiger partial charge in [0.1, 0.15) is 19.6 Å². The number of morpholine rings is 1. The number of nitrogens with zero attached hydrogens (tertiary/aromatic N) is 1. The fourth-order valence-corrected chi connectivity index (χ4v) is 3.38. The zero-order chi connectivity index (χ0) is 21.6. The molecule has 0 aromatic heterocycles. The quantitative estimate of drug-likeness (QED) is 0.568. The lowest BCUT2D eigenvalue weighted by Gasteiger charge is -2.37. The van der Waals surface area contributed by atoms with Crippen molar-refractivity contribution in [3.8, 4) is 0 Å². The van der Waals surface area contributed by atoms with E-state index < -0.39 is 11.7 Å². The van der Waals surface area contributed by atoms with Gasteiger partial charge in [-0.15, -0.1) is 0 Å². The van der Waals surface area contributed by atoms with Crippen molar-refractivity contribution < 1.29 is 27.2 Å². The summed E-state index contributed by atoms with van der Waals surface area (Å²) in [5.41, 5.74) is 1.78. The Balaban J connectivity index is 1.50. The van der Waals surface area contributed by atoms with Crippen molar-refractivity contribution in [3.63, 3.8) is 0 Å². The van der Waals surface area contributed by atoms with Gasteiger partial charge in [-0.25, -0.2) is 0 Å². The summed E-state index contributed by atoms with van der Waals surface area (Å²) >= 11 is 0. The van der Waals surface area contributed by atoms with Gasteiger partial charge in [-0.05, 0) is 29.3 Å². The van der Waals surface area contributed by atoms with E-state index in [1.807, 2.05) is 12.1 Å². The highest BCUT2D eigenvalue weighted by molar-refractivity contribution is 5.91. The van der Waals surface area contributed by atoms with Crippen molar-refractivity contribution in [1.82, 2.24) is 5.32 Å². The second kappa shape index (κ2) is 9.45. The molecule has 0 bridgehead atoms. The second-order valence-electron chi connectivity index (χ2n) is 7.83. The highest BCUT2D eigenvalue weighted by Gasteiger charge is 2.30. The maximum atomic E-state index is 12.7. The summed E-state index contributed by atoms with van der Waals surface area (Å²) in [5, 5.41) is 2.75. The molecule has 1 N–H and O–H groups in total. The number of hydrogen-bond acceptors (Lipinski definition) is 2. The Labute approximate surface area is 174 Å². The lowest BCUT2D eigenvalue weighted by Crippen LogP contribution is -2.51. The standard InChI is InChI=1S/C23H25F3N2O2/c1-28(11-13-30-14-12-28)17-20-7-5-19(6-8-20)16-27-22(29)10-9-18-3-2-4-21(15-18)23(24,25)26/h2-10,15H,11-14,16-17H2,1H3/p+1/b10-9+. The first kappa shape index (κ1) is 22.1. The van der Waals surface area contributed by atoms with Crippen LogP contribution in [0.5, 0.6) is 0 Å². The molecular formula is C23H26F3N2O2+. The minimum atomic E-state index is -4.40. The third-order valence-corrected chi connectivity index (χ3v) is 5.25. The third kappa shape index (κ3) is 6.43. The van der Waals surface area contributed by atoms with Crippen molar-refractivity contribution in [2.24, 2.45) is 0 Å². The van der Waals surface area contributed by atoms with Gasteiger partial charge in [-0.2, -0.15) is 13.2 Å². The predicted molar refractivity (Wildman–Crippen MR) is 109 cm³/mol. The number of quaternary nitrogens is 1. The molecule has 0 radical (unpaired) electrons. The van der Waals surface area contributed by atoms with Gasteiger partial charge in [0.25, 0.3) is 0 Å². The van der Waals surface area contributed by atoms with Gasteiger partial charge < -0.3 is 14.5 Å². The van der Waals surface area contributed by atoms with Crippen LogP contribution >= 0.6 is 0 Å². The van der Waals surface area contributed by atoms with E-state index in [2.05, 4.69) is 24.5 Å². The van der Waals surface area contributed by atoms with Crippen molar-refractivity contribution in [3.05, 3.63) is 76.9 Å². The summed E-state index contributed by atoms with van der Waals surface area (Å²) in [6.45, 7) is 4.86. The molecule has 3 rings (SSSR count). The largest absolute Gasteiger partial charge is 0.416 e. The number of ether oxygens (including phenoxy) is 1. The Morgan fingerprint density at radius 2 is 1.77 bits per heavy atom. The lowest BCUT2D eigenvalue weighted by molar-refractivity contribution is -0.929. The van der Waals surface area contributed by atoms with Gasteiger partial charge in [-0.1, -0.05) is 36.4 Å². The lowest BCUT2D eigenvalue weighted by atomic mass is 10.1. The molecule has 2 aromatic carbocycles. The van der Waals surface area contributed by atoms with Crippen molar-refractivity contribution in [2.45, 2.75) is 19.3 Å². The SMILES string of the molecule is C[N+]1(Cc2ccc(CNC(=O)/C=C/c3cccc(C(F)(F)F)c3)cc2)CCOCC1. The molecule has 1 amide bonds. The van der Waals surface area contributed by atoms with E-state index in [0.29, 0.717) is 12.1 Å². The molecule has 7 heteroatoms. The smallest absolute Gasteiger partial charge is 0.370 e. The van der Waals surface area contributed by atoms with E-state index in [0.717, 1.165) is 55.0 Å². The fraction of sp³-hybridized carbons (Fsp3) is 0.348.